The van der Waals surface area contributed by atoms with Crippen molar-refractivity contribution in [2.45, 2.75) is 6.42 Å². The van der Waals surface area contributed by atoms with Crippen LogP contribution in [0, 0.1) is 5.92 Å². The summed E-state index contributed by atoms with van der Waals surface area (Å²) in [5.41, 5.74) is 1.16. The molecule has 1 N–H and O–H groups in total. The Morgan fingerprint density at radius 2 is 1.79 bits per heavy atom. The lowest BCUT2D eigenvalue weighted by Gasteiger charge is -2.17. The predicted octanol–water partition coefficient (Wildman–Crippen LogP) is 4.64. The Bertz CT molecular complexity index is 793. The van der Waals surface area contributed by atoms with Gasteiger partial charge in [0.15, 0.2) is 0 Å². The highest BCUT2D eigenvalue weighted by Gasteiger charge is 2.35. The van der Waals surface area contributed by atoms with Crippen molar-refractivity contribution in [3.63, 3.8) is 0 Å². The number of halogens is 3. The van der Waals surface area contributed by atoms with E-state index in [1.54, 1.807) is 47.4 Å². The molecule has 0 bridgehead atoms. The van der Waals surface area contributed by atoms with Crippen LogP contribution in [-0.4, -0.2) is 18.4 Å². The van der Waals surface area contributed by atoms with E-state index in [0.717, 1.165) is 5.69 Å². The van der Waals surface area contributed by atoms with Gasteiger partial charge in [0.05, 0.1) is 21.7 Å². The molecule has 1 aliphatic heterocycles. The number of nitrogens with zero attached hydrogens (tertiary/aromatic N) is 1. The maximum absolute atomic E-state index is 12.4. The Hall–Kier alpha value is -1.75. The Morgan fingerprint density at radius 1 is 1.08 bits per heavy atom. The van der Waals surface area contributed by atoms with Crippen molar-refractivity contribution in [3.8, 4) is 0 Å². The molecule has 7 heteroatoms. The molecule has 1 fully saturated rings. The molecule has 0 radical (unpaired) electrons. The lowest BCUT2D eigenvalue weighted by atomic mass is 10.1. The maximum Gasteiger partial charge on any atom is 0.229 e. The Morgan fingerprint density at radius 3 is 2.50 bits per heavy atom. The summed E-state index contributed by atoms with van der Waals surface area (Å²) in [5.74, 6) is -0.818. The molecular weight excluding hydrogens is 371 g/mol. The monoisotopic (exact) mass is 382 g/mol. The number of benzene rings is 2. The first kappa shape index (κ1) is 17.1. The minimum Gasteiger partial charge on any atom is -0.324 e. The van der Waals surface area contributed by atoms with Crippen LogP contribution >= 0.6 is 34.8 Å². The molecule has 0 aromatic heterocycles. The van der Waals surface area contributed by atoms with Gasteiger partial charge in [-0.25, -0.2) is 0 Å². The van der Waals surface area contributed by atoms with Crippen LogP contribution in [0.3, 0.4) is 0 Å². The molecule has 0 unspecified atom stereocenters. The minimum absolute atomic E-state index is 0.102. The van der Waals surface area contributed by atoms with Crippen LogP contribution in [0.2, 0.25) is 15.1 Å². The number of carbonyl (C=O) groups excluding carboxylic acids is 2. The summed E-state index contributed by atoms with van der Waals surface area (Å²) in [6.45, 7) is 0.310. The number of anilines is 2. The third kappa shape index (κ3) is 3.51. The summed E-state index contributed by atoms with van der Waals surface area (Å²) >= 11 is 17.9. The molecule has 2 aromatic rings. The summed E-state index contributed by atoms with van der Waals surface area (Å²) in [4.78, 5) is 26.2. The van der Waals surface area contributed by atoms with Gasteiger partial charge in [0, 0.05) is 23.7 Å². The smallest absolute Gasteiger partial charge is 0.229 e. The molecule has 1 saturated heterocycles. The largest absolute Gasteiger partial charge is 0.324 e. The van der Waals surface area contributed by atoms with Crippen LogP contribution in [0.5, 0.6) is 0 Å². The van der Waals surface area contributed by atoms with Crippen LogP contribution in [0.4, 0.5) is 11.4 Å². The molecule has 4 nitrogen and oxygen atoms in total. The van der Waals surface area contributed by atoms with Crippen LogP contribution in [-0.2, 0) is 9.59 Å². The van der Waals surface area contributed by atoms with Crippen molar-refractivity contribution in [2.75, 3.05) is 16.8 Å². The Labute approximate surface area is 154 Å². The lowest BCUT2D eigenvalue weighted by Crippen LogP contribution is -2.28. The van der Waals surface area contributed by atoms with Crippen molar-refractivity contribution in [1.29, 1.82) is 0 Å². The maximum atomic E-state index is 12.4. The van der Waals surface area contributed by atoms with Gasteiger partial charge in [-0.1, -0.05) is 40.9 Å². The number of nitrogens with one attached hydrogen (secondary N) is 1. The Balaban J connectivity index is 1.72. The highest BCUT2D eigenvalue weighted by molar-refractivity contribution is 6.44. The second kappa shape index (κ2) is 7.01. The first-order valence-corrected chi connectivity index (χ1v) is 8.40. The average Bonchev–Trinajstić information content (AvgIpc) is 2.94. The molecule has 1 atom stereocenters. The molecule has 0 saturated carbocycles. The zero-order valence-corrected chi connectivity index (χ0v) is 14.7. The highest BCUT2D eigenvalue weighted by atomic mass is 35.5. The first-order chi connectivity index (χ1) is 11.5. The summed E-state index contributed by atoms with van der Waals surface area (Å²) in [5, 5.41) is 3.98. The van der Waals surface area contributed by atoms with Crippen LogP contribution in [0.1, 0.15) is 6.42 Å². The molecule has 1 aliphatic rings. The number of hydrogen-bond acceptors (Lipinski definition) is 2. The molecule has 3 rings (SSSR count). The third-order valence-corrected chi connectivity index (χ3v) is 4.91. The first-order valence-electron chi connectivity index (χ1n) is 7.26. The molecule has 124 valence electrons. The standard InChI is InChI=1S/C17H13Cl3N2O2/c18-11-4-6-12(7-5-11)22-9-10(8-15(22)23)17(24)21-14-3-1-2-13(19)16(14)20/h1-7,10H,8-9H2,(H,21,24)/t10-/m1/s1. The number of hydrogen-bond donors (Lipinski definition) is 1. The summed E-state index contributed by atoms with van der Waals surface area (Å²) in [6.07, 6.45) is 0.145. The SMILES string of the molecule is O=C(Nc1cccc(Cl)c1Cl)[C@@H]1CC(=O)N(c2ccc(Cl)cc2)C1. The minimum atomic E-state index is -0.455. The van der Waals surface area contributed by atoms with Gasteiger partial charge in [-0.05, 0) is 36.4 Å². The van der Waals surface area contributed by atoms with E-state index < -0.39 is 5.92 Å². The summed E-state index contributed by atoms with van der Waals surface area (Å²) in [7, 11) is 0. The van der Waals surface area contributed by atoms with Crippen molar-refractivity contribution in [1.82, 2.24) is 0 Å². The van der Waals surface area contributed by atoms with E-state index in [1.165, 1.54) is 0 Å². The molecule has 1 heterocycles. The van der Waals surface area contributed by atoms with E-state index >= 15 is 0 Å². The topological polar surface area (TPSA) is 49.4 Å². The van der Waals surface area contributed by atoms with Crippen LogP contribution in [0.25, 0.3) is 0 Å². The van der Waals surface area contributed by atoms with E-state index in [1.807, 2.05) is 0 Å². The second-order valence-electron chi connectivity index (χ2n) is 5.47. The van der Waals surface area contributed by atoms with Gasteiger partial charge in [0.2, 0.25) is 11.8 Å². The van der Waals surface area contributed by atoms with Gasteiger partial charge in [-0.2, -0.15) is 0 Å². The molecule has 2 aromatic carbocycles. The third-order valence-electron chi connectivity index (χ3n) is 3.84. The molecule has 0 aliphatic carbocycles. The summed E-state index contributed by atoms with van der Waals surface area (Å²) in [6, 6.07) is 11.9. The molecule has 24 heavy (non-hydrogen) atoms. The fourth-order valence-corrected chi connectivity index (χ4v) is 3.06. The highest BCUT2D eigenvalue weighted by Crippen LogP contribution is 2.31. The van der Waals surface area contributed by atoms with Gasteiger partial charge < -0.3 is 10.2 Å². The normalized spacial score (nSPS) is 17.2. The van der Waals surface area contributed by atoms with Crippen molar-refractivity contribution in [2.24, 2.45) is 5.92 Å². The van der Waals surface area contributed by atoms with Gasteiger partial charge >= 0.3 is 0 Å². The molecule has 0 spiro atoms. The summed E-state index contributed by atoms with van der Waals surface area (Å²) < 4.78 is 0. The zero-order chi connectivity index (χ0) is 17.3. The van der Waals surface area contributed by atoms with Crippen molar-refractivity contribution < 1.29 is 9.59 Å². The van der Waals surface area contributed by atoms with Crippen molar-refractivity contribution >= 4 is 58.0 Å². The number of rotatable bonds is 3. The van der Waals surface area contributed by atoms with Gasteiger partial charge in [-0.3, -0.25) is 9.59 Å². The number of amides is 2. The van der Waals surface area contributed by atoms with E-state index in [0.29, 0.717) is 22.3 Å². The Kier molecular flexibility index (Phi) is 4.99. The molecular formula is C17H13Cl3N2O2. The van der Waals surface area contributed by atoms with Crippen LogP contribution in [0.15, 0.2) is 42.5 Å². The average molecular weight is 384 g/mol. The molecule has 2 amide bonds. The van der Waals surface area contributed by atoms with E-state index in [9.17, 15) is 9.59 Å². The second-order valence-corrected chi connectivity index (χ2v) is 6.69. The van der Waals surface area contributed by atoms with E-state index in [2.05, 4.69) is 5.32 Å². The van der Waals surface area contributed by atoms with E-state index in [-0.39, 0.29) is 23.3 Å². The van der Waals surface area contributed by atoms with Gasteiger partial charge in [-0.15, -0.1) is 0 Å². The predicted molar refractivity (Wildman–Crippen MR) is 97.0 cm³/mol. The quantitative estimate of drug-likeness (QED) is 0.839. The van der Waals surface area contributed by atoms with Crippen molar-refractivity contribution in [3.05, 3.63) is 57.5 Å². The zero-order valence-electron chi connectivity index (χ0n) is 12.4. The van der Waals surface area contributed by atoms with Gasteiger partial charge in [0.1, 0.15) is 0 Å². The van der Waals surface area contributed by atoms with Gasteiger partial charge in [0.25, 0.3) is 0 Å². The fourth-order valence-electron chi connectivity index (χ4n) is 2.59. The van der Waals surface area contributed by atoms with Crippen LogP contribution < -0.4 is 10.2 Å². The van der Waals surface area contributed by atoms with E-state index in [4.69, 9.17) is 34.8 Å². The lowest BCUT2D eigenvalue weighted by molar-refractivity contribution is -0.122. The fraction of sp³-hybridized carbons (Fsp3) is 0.176. The number of carbonyl (C=O) groups is 2.